The maximum absolute atomic E-state index is 13.2. The molecule has 2 aromatic heterocycles. The molecule has 0 spiro atoms. The number of hydrogen-bond acceptors (Lipinski definition) is 5. The monoisotopic (exact) mass is 426 g/mol. The lowest BCUT2D eigenvalue weighted by Gasteiger charge is -2.25. The molecule has 0 fully saturated rings. The van der Waals surface area contributed by atoms with Gasteiger partial charge in [-0.3, -0.25) is 9.88 Å². The fourth-order valence-corrected chi connectivity index (χ4v) is 4.93. The topological polar surface area (TPSA) is 68.1 Å². The van der Waals surface area contributed by atoms with E-state index in [1.807, 2.05) is 60.1 Å². The minimum Gasteiger partial charge on any atom is -0.317 e. The molecule has 0 N–H and O–H groups in total. The van der Waals surface area contributed by atoms with Crippen molar-refractivity contribution in [2.24, 2.45) is 5.92 Å². The molecule has 0 aliphatic carbocycles. The molecule has 0 bridgehead atoms. The van der Waals surface area contributed by atoms with Crippen molar-refractivity contribution >= 4 is 9.84 Å². The lowest BCUT2D eigenvalue weighted by molar-refractivity contribution is 0.240. The van der Waals surface area contributed by atoms with Crippen LogP contribution in [0.2, 0.25) is 0 Å². The van der Waals surface area contributed by atoms with Crippen molar-refractivity contribution < 1.29 is 8.42 Å². The molecule has 3 rings (SSSR count). The van der Waals surface area contributed by atoms with Gasteiger partial charge in [0.2, 0.25) is 15.0 Å². The Morgan fingerprint density at radius 3 is 2.33 bits per heavy atom. The van der Waals surface area contributed by atoms with Crippen LogP contribution in [0.5, 0.6) is 0 Å². The van der Waals surface area contributed by atoms with Gasteiger partial charge in [0.05, 0.1) is 23.3 Å². The molecular weight excluding hydrogens is 396 g/mol. The van der Waals surface area contributed by atoms with E-state index < -0.39 is 9.84 Å². The molecule has 2 heterocycles. The van der Waals surface area contributed by atoms with Crippen LogP contribution < -0.4 is 0 Å². The standard InChI is InChI=1S/C23H30N4O2S/c1-18(2)15-27-21(16-26(4)19(3)22-12-8-9-13-24-22)14-25-23(27)30(28,29)17-20-10-6-5-7-11-20/h5-14,18-19H,15-17H2,1-4H3/t19-/m0/s1. The quantitative estimate of drug-likeness (QED) is 0.515. The Kier molecular flexibility index (Phi) is 7.05. The molecule has 160 valence electrons. The highest BCUT2D eigenvalue weighted by Crippen LogP contribution is 2.23. The largest absolute Gasteiger partial charge is 0.317 e. The summed E-state index contributed by atoms with van der Waals surface area (Å²) in [6, 6.07) is 15.2. The van der Waals surface area contributed by atoms with Crippen LogP contribution in [0.25, 0.3) is 0 Å². The Labute approximate surface area is 179 Å². The van der Waals surface area contributed by atoms with Gasteiger partial charge in [0.1, 0.15) is 0 Å². The van der Waals surface area contributed by atoms with Crippen molar-refractivity contribution in [1.29, 1.82) is 0 Å². The SMILES string of the molecule is CC(C)Cn1c(CN(C)[C@@H](C)c2ccccn2)cnc1S(=O)(=O)Cc1ccccc1. The van der Waals surface area contributed by atoms with E-state index in [4.69, 9.17) is 0 Å². The zero-order chi connectivity index (χ0) is 21.7. The van der Waals surface area contributed by atoms with Crippen molar-refractivity contribution in [3.05, 3.63) is 77.9 Å². The summed E-state index contributed by atoms with van der Waals surface area (Å²) in [6.45, 7) is 7.44. The Morgan fingerprint density at radius 2 is 1.70 bits per heavy atom. The summed E-state index contributed by atoms with van der Waals surface area (Å²) in [5.41, 5.74) is 2.63. The Morgan fingerprint density at radius 1 is 1.00 bits per heavy atom. The molecule has 30 heavy (non-hydrogen) atoms. The number of pyridine rings is 1. The molecule has 7 heteroatoms. The van der Waals surface area contributed by atoms with Crippen molar-refractivity contribution in [1.82, 2.24) is 19.4 Å². The fourth-order valence-electron chi connectivity index (χ4n) is 3.43. The van der Waals surface area contributed by atoms with Crippen LogP contribution in [0, 0.1) is 5.92 Å². The van der Waals surface area contributed by atoms with Gasteiger partial charge in [-0.25, -0.2) is 13.4 Å². The summed E-state index contributed by atoms with van der Waals surface area (Å²) in [6.07, 6.45) is 3.48. The van der Waals surface area contributed by atoms with Gasteiger partial charge in [-0.15, -0.1) is 0 Å². The van der Waals surface area contributed by atoms with Crippen LogP contribution in [0.1, 0.15) is 43.8 Å². The second-order valence-corrected chi connectivity index (χ2v) is 10.0. The summed E-state index contributed by atoms with van der Waals surface area (Å²) < 4.78 is 28.2. The van der Waals surface area contributed by atoms with Crippen LogP contribution >= 0.6 is 0 Å². The third-order valence-electron chi connectivity index (χ3n) is 5.12. The van der Waals surface area contributed by atoms with E-state index in [1.165, 1.54) is 0 Å². The van der Waals surface area contributed by atoms with Crippen LogP contribution in [-0.4, -0.2) is 34.9 Å². The number of sulfone groups is 1. The van der Waals surface area contributed by atoms with Crippen LogP contribution in [0.15, 0.2) is 66.1 Å². The molecule has 0 aliphatic heterocycles. The average Bonchev–Trinajstić information content (AvgIpc) is 3.11. The van der Waals surface area contributed by atoms with Crippen molar-refractivity contribution in [3.63, 3.8) is 0 Å². The number of aromatic nitrogens is 3. The van der Waals surface area contributed by atoms with Gasteiger partial charge >= 0.3 is 0 Å². The Bertz CT molecular complexity index is 1050. The van der Waals surface area contributed by atoms with E-state index in [0.717, 1.165) is 17.0 Å². The summed E-state index contributed by atoms with van der Waals surface area (Å²) in [7, 11) is -1.54. The fraction of sp³-hybridized carbons (Fsp3) is 0.391. The molecule has 1 atom stereocenters. The zero-order valence-electron chi connectivity index (χ0n) is 18.1. The number of nitrogens with zero attached hydrogens (tertiary/aromatic N) is 4. The highest BCUT2D eigenvalue weighted by Gasteiger charge is 2.25. The molecule has 0 saturated carbocycles. The summed E-state index contributed by atoms with van der Waals surface area (Å²) in [5.74, 6) is 0.241. The average molecular weight is 427 g/mol. The van der Waals surface area contributed by atoms with Crippen molar-refractivity contribution in [2.75, 3.05) is 7.05 Å². The third-order valence-corrected chi connectivity index (χ3v) is 6.71. The second kappa shape index (κ2) is 9.53. The van der Waals surface area contributed by atoms with Gasteiger partial charge in [0.25, 0.3) is 0 Å². The van der Waals surface area contributed by atoms with E-state index in [1.54, 1.807) is 12.4 Å². The van der Waals surface area contributed by atoms with Crippen molar-refractivity contribution in [3.8, 4) is 0 Å². The second-order valence-electron chi connectivity index (χ2n) is 8.13. The first kappa shape index (κ1) is 22.2. The molecule has 3 aromatic rings. The molecule has 0 unspecified atom stereocenters. The van der Waals surface area contributed by atoms with Gasteiger partial charge in [-0.2, -0.15) is 0 Å². The molecule has 0 radical (unpaired) electrons. The first-order chi connectivity index (χ1) is 14.3. The zero-order valence-corrected chi connectivity index (χ0v) is 18.9. The normalized spacial score (nSPS) is 13.1. The van der Waals surface area contributed by atoms with Gasteiger partial charge in [0, 0.05) is 25.3 Å². The van der Waals surface area contributed by atoms with Crippen molar-refractivity contribution in [2.45, 2.75) is 50.8 Å². The van der Waals surface area contributed by atoms with Gasteiger partial charge in [-0.05, 0) is 37.6 Å². The predicted octanol–water partition coefficient (Wildman–Crippen LogP) is 4.10. The molecule has 0 amide bonds. The minimum absolute atomic E-state index is 0.0530. The maximum Gasteiger partial charge on any atom is 0.228 e. The highest BCUT2D eigenvalue weighted by atomic mass is 32.2. The highest BCUT2D eigenvalue weighted by molar-refractivity contribution is 7.90. The van der Waals surface area contributed by atoms with Gasteiger partial charge < -0.3 is 4.57 Å². The third kappa shape index (κ3) is 5.34. The molecule has 1 aromatic carbocycles. The van der Waals surface area contributed by atoms with Gasteiger partial charge in [0.15, 0.2) is 0 Å². The molecule has 6 nitrogen and oxygen atoms in total. The van der Waals surface area contributed by atoms with Crippen LogP contribution in [0.4, 0.5) is 0 Å². The van der Waals surface area contributed by atoms with Crippen LogP contribution in [0.3, 0.4) is 0 Å². The molecule has 0 aliphatic rings. The molecule has 0 saturated heterocycles. The Hall–Kier alpha value is -2.51. The summed E-state index contributed by atoms with van der Waals surface area (Å²) in [5, 5.41) is 0.147. The first-order valence-corrected chi connectivity index (χ1v) is 11.9. The summed E-state index contributed by atoms with van der Waals surface area (Å²) >= 11 is 0. The smallest absolute Gasteiger partial charge is 0.228 e. The van der Waals surface area contributed by atoms with E-state index in [-0.39, 0.29) is 17.0 Å². The minimum atomic E-state index is -3.56. The predicted molar refractivity (Wildman–Crippen MR) is 119 cm³/mol. The maximum atomic E-state index is 13.2. The lowest BCUT2D eigenvalue weighted by atomic mass is 10.2. The van der Waals surface area contributed by atoms with E-state index in [0.29, 0.717) is 19.0 Å². The van der Waals surface area contributed by atoms with Crippen LogP contribution in [-0.2, 0) is 28.7 Å². The van der Waals surface area contributed by atoms with E-state index in [9.17, 15) is 8.42 Å². The molecular formula is C23H30N4O2S. The van der Waals surface area contributed by atoms with E-state index >= 15 is 0 Å². The number of rotatable bonds is 9. The first-order valence-electron chi connectivity index (χ1n) is 10.2. The Balaban J connectivity index is 1.88. The number of hydrogen-bond donors (Lipinski definition) is 0. The lowest BCUT2D eigenvalue weighted by Crippen LogP contribution is -2.25. The number of imidazole rings is 1. The van der Waals surface area contributed by atoms with Gasteiger partial charge in [-0.1, -0.05) is 50.2 Å². The van der Waals surface area contributed by atoms with E-state index in [2.05, 4.69) is 35.6 Å². The summed E-state index contributed by atoms with van der Waals surface area (Å²) in [4.78, 5) is 11.0. The number of benzene rings is 1.